The van der Waals surface area contributed by atoms with Crippen LogP contribution in [0.3, 0.4) is 0 Å². The predicted molar refractivity (Wildman–Crippen MR) is 69.8 cm³/mol. The van der Waals surface area contributed by atoms with Crippen LogP contribution in [0.4, 0.5) is 0 Å². The van der Waals surface area contributed by atoms with Crippen LogP contribution in [-0.2, 0) is 4.79 Å². The Bertz CT molecular complexity index is 360. The maximum Gasteiger partial charge on any atom is 0.136 e. The number of hydrogen-bond donors (Lipinski definition) is 1. The molecular formula is C15H21NO. The molecule has 1 saturated carbocycles. The van der Waals surface area contributed by atoms with Crippen LogP contribution in [0.5, 0.6) is 0 Å². The second-order valence-corrected chi connectivity index (χ2v) is 4.93. The smallest absolute Gasteiger partial charge is 0.136 e. The highest BCUT2D eigenvalue weighted by Gasteiger charge is 2.42. The molecule has 0 heterocycles. The quantitative estimate of drug-likeness (QED) is 0.733. The third kappa shape index (κ3) is 3.40. The van der Waals surface area contributed by atoms with Crippen LogP contribution >= 0.6 is 0 Å². The Hall–Kier alpha value is -1.15. The SMILES string of the molecule is NCCCCCC(=O)C1CC1c1ccccc1. The Balaban J connectivity index is 1.73. The number of carbonyl (C=O) groups is 1. The normalized spacial score (nSPS) is 22.4. The molecule has 2 atom stereocenters. The second-order valence-electron chi connectivity index (χ2n) is 4.93. The predicted octanol–water partition coefficient (Wildman–Crippen LogP) is 2.88. The van der Waals surface area contributed by atoms with E-state index in [9.17, 15) is 4.79 Å². The summed E-state index contributed by atoms with van der Waals surface area (Å²) < 4.78 is 0. The molecule has 1 aliphatic rings. The highest BCUT2D eigenvalue weighted by atomic mass is 16.1. The maximum absolute atomic E-state index is 11.9. The van der Waals surface area contributed by atoms with Crippen LogP contribution in [0.15, 0.2) is 30.3 Å². The lowest BCUT2D eigenvalue weighted by molar-refractivity contribution is -0.120. The lowest BCUT2D eigenvalue weighted by Crippen LogP contribution is -2.03. The zero-order valence-corrected chi connectivity index (χ0v) is 10.3. The van der Waals surface area contributed by atoms with Crippen molar-refractivity contribution < 1.29 is 4.79 Å². The molecule has 1 aromatic carbocycles. The molecule has 0 aliphatic heterocycles. The molecular weight excluding hydrogens is 210 g/mol. The Labute approximate surface area is 103 Å². The van der Waals surface area contributed by atoms with Crippen LogP contribution in [0.25, 0.3) is 0 Å². The first kappa shape index (κ1) is 12.3. The summed E-state index contributed by atoms with van der Waals surface area (Å²) in [6.07, 6.45) is 4.94. The van der Waals surface area contributed by atoms with Gasteiger partial charge in [0.25, 0.3) is 0 Å². The fraction of sp³-hybridized carbons (Fsp3) is 0.533. The topological polar surface area (TPSA) is 43.1 Å². The van der Waals surface area contributed by atoms with Gasteiger partial charge in [0, 0.05) is 12.3 Å². The number of rotatable bonds is 7. The van der Waals surface area contributed by atoms with Crippen LogP contribution in [0, 0.1) is 5.92 Å². The molecule has 0 aromatic heterocycles. The van der Waals surface area contributed by atoms with Gasteiger partial charge in [0.1, 0.15) is 5.78 Å². The molecule has 0 saturated heterocycles. The highest BCUT2D eigenvalue weighted by molar-refractivity contribution is 5.84. The fourth-order valence-corrected chi connectivity index (χ4v) is 2.43. The molecule has 2 unspecified atom stereocenters. The average molecular weight is 231 g/mol. The van der Waals surface area contributed by atoms with Crippen molar-refractivity contribution in [2.24, 2.45) is 11.7 Å². The summed E-state index contributed by atoms with van der Waals surface area (Å²) in [5, 5.41) is 0. The first-order valence-corrected chi connectivity index (χ1v) is 6.60. The number of benzene rings is 1. The summed E-state index contributed by atoms with van der Waals surface area (Å²) in [7, 11) is 0. The van der Waals surface area contributed by atoms with Gasteiger partial charge in [-0.2, -0.15) is 0 Å². The number of carbonyl (C=O) groups excluding carboxylic acids is 1. The molecule has 92 valence electrons. The molecule has 1 aliphatic carbocycles. The van der Waals surface area contributed by atoms with E-state index in [1.54, 1.807) is 0 Å². The molecule has 1 aromatic rings. The van der Waals surface area contributed by atoms with Crippen molar-refractivity contribution in [3.63, 3.8) is 0 Å². The summed E-state index contributed by atoms with van der Waals surface area (Å²) in [6.45, 7) is 0.740. The minimum Gasteiger partial charge on any atom is -0.330 e. The number of unbranched alkanes of at least 4 members (excludes halogenated alkanes) is 2. The van der Waals surface area contributed by atoms with Crippen molar-refractivity contribution in [1.29, 1.82) is 0 Å². The van der Waals surface area contributed by atoms with Gasteiger partial charge in [-0.1, -0.05) is 36.8 Å². The van der Waals surface area contributed by atoms with Crippen molar-refractivity contribution in [2.75, 3.05) is 6.54 Å². The number of hydrogen-bond acceptors (Lipinski definition) is 2. The van der Waals surface area contributed by atoms with Crippen LogP contribution < -0.4 is 5.73 Å². The van der Waals surface area contributed by atoms with Crippen molar-refractivity contribution in [3.8, 4) is 0 Å². The Morgan fingerprint density at radius 3 is 2.65 bits per heavy atom. The maximum atomic E-state index is 11.9. The molecule has 0 bridgehead atoms. The van der Waals surface area contributed by atoms with Crippen molar-refractivity contribution in [1.82, 2.24) is 0 Å². The van der Waals surface area contributed by atoms with E-state index in [-0.39, 0.29) is 0 Å². The van der Waals surface area contributed by atoms with E-state index >= 15 is 0 Å². The Kier molecular flexibility index (Phi) is 4.32. The van der Waals surface area contributed by atoms with Gasteiger partial charge in [0.15, 0.2) is 0 Å². The molecule has 1 fully saturated rings. The van der Waals surface area contributed by atoms with Gasteiger partial charge in [0.05, 0.1) is 0 Å². The van der Waals surface area contributed by atoms with E-state index in [0.717, 1.165) is 38.6 Å². The first-order chi connectivity index (χ1) is 8.33. The van der Waals surface area contributed by atoms with Crippen LogP contribution in [-0.4, -0.2) is 12.3 Å². The summed E-state index contributed by atoms with van der Waals surface area (Å²) in [6, 6.07) is 10.4. The molecule has 2 N–H and O–H groups in total. The lowest BCUT2D eigenvalue weighted by Gasteiger charge is -2.01. The van der Waals surface area contributed by atoms with E-state index in [2.05, 4.69) is 24.3 Å². The summed E-state index contributed by atoms with van der Waals surface area (Å²) >= 11 is 0. The van der Waals surface area contributed by atoms with Gasteiger partial charge in [-0.3, -0.25) is 4.79 Å². The largest absolute Gasteiger partial charge is 0.330 e. The monoisotopic (exact) mass is 231 g/mol. The van der Waals surface area contributed by atoms with Crippen molar-refractivity contribution in [3.05, 3.63) is 35.9 Å². The van der Waals surface area contributed by atoms with Gasteiger partial charge in [-0.25, -0.2) is 0 Å². The fourth-order valence-electron chi connectivity index (χ4n) is 2.43. The number of nitrogens with two attached hydrogens (primary N) is 1. The highest BCUT2D eigenvalue weighted by Crippen LogP contribution is 2.48. The number of ketones is 1. The van der Waals surface area contributed by atoms with Gasteiger partial charge in [-0.05, 0) is 37.3 Å². The van der Waals surface area contributed by atoms with E-state index in [1.165, 1.54) is 5.56 Å². The molecule has 0 spiro atoms. The molecule has 17 heavy (non-hydrogen) atoms. The average Bonchev–Trinajstić information content (AvgIpc) is 3.16. The van der Waals surface area contributed by atoms with Gasteiger partial charge in [0.2, 0.25) is 0 Å². The Morgan fingerprint density at radius 2 is 1.94 bits per heavy atom. The number of Topliss-reactive ketones (excluding diaryl/α,β-unsaturated/α-hetero) is 1. The lowest BCUT2D eigenvalue weighted by atomic mass is 10.0. The molecule has 2 rings (SSSR count). The second kappa shape index (κ2) is 5.97. The summed E-state index contributed by atoms with van der Waals surface area (Å²) in [5.41, 5.74) is 6.76. The van der Waals surface area contributed by atoms with Gasteiger partial charge in [-0.15, -0.1) is 0 Å². The van der Waals surface area contributed by atoms with E-state index < -0.39 is 0 Å². The summed E-state index contributed by atoms with van der Waals surface area (Å²) in [5.74, 6) is 1.25. The van der Waals surface area contributed by atoms with E-state index in [4.69, 9.17) is 5.73 Å². The standard InChI is InChI=1S/C15H21NO/c16-10-6-2-5-9-15(17)14-11-13(14)12-7-3-1-4-8-12/h1,3-4,7-8,13-14H,2,5-6,9-11,16H2. The van der Waals surface area contributed by atoms with E-state index in [0.29, 0.717) is 17.6 Å². The molecule has 2 nitrogen and oxygen atoms in total. The van der Waals surface area contributed by atoms with Crippen LogP contribution in [0.2, 0.25) is 0 Å². The molecule has 2 heteroatoms. The van der Waals surface area contributed by atoms with Gasteiger partial charge < -0.3 is 5.73 Å². The third-order valence-electron chi connectivity index (χ3n) is 3.56. The first-order valence-electron chi connectivity index (χ1n) is 6.60. The zero-order chi connectivity index (χ0) is 12.1. The van der Waals surface area contributed by atoms with Gasteiger partial charge >= 0.3 is 0 Å². The molecule has 0 amide bonds. The van der Waals surface area contributed by atoms with E-state index in [1.807, 2.05) is 6.07 Å². The zero-order valence-electron chi connectivity index (χ0n) is 10.3. The minimum atomic E-state index is 0.301. The third-order valence-corrected chi connectivity index (χ3v) is 3.56. The van der Waals surface area contributed by atoms with Crippen molar-refractivity contribution >= 4 is 5.78 Å². The summed E-state index contributed by atoms with van der Waals surface area (Å²) in [4.78, 5) is 11.9. The van der Waals surface area contributed by atoms with Crippen LogP contribution in [0.1, 0.15) is 43.6 Å². The minimum absolute atomic E-state index is 0.301. The molecule has 0 radical (unpaired) electrons. The Morgan fingerprint density at radius 1 is 1.18 bits per heavy atom. The van der Waals surface area contributed by atoms with Crippen molar-refractivity contribution in [2.45, 2.75) is 38.0 Å².